The molecule has 0 saturated carbocycles. The zero-order valence-electron chi connectivity index (χ0n) is 9.14. The second-order valence-electron chi connectivity index (χ2n) is 3.28. The zero-order valence-corrected chi connectivity index (χ0v) is 9.14. The van der Waals surface area contributed by atoms with Crippen LogP contribution in [-0.2, 0) is 0 Å². The molecule has 0 amide bonds. The van der Waals surface area contributed by atoms with Crippen LogP contribution in [0, 0.1) is 11.8 Å². The van der Waals surface area contributed by atoms with E-state index in [0.717, 1.165) is 11.8 Å². The van der Waals surface area contributed by atoms with Crippen LogP contribution in [0.2, 0.25) is 0 Å². The molecule has 0 radical (unpaired) electrons. The van der Waals surface area contributed by atoms with Crippen molar-refractivity contribution in [3.05, 3.63) is 12.2 Å². The van der Waals surface area contributed by atoms with Crippen molar-refractivity contribution >= 4 is 0 Å². The molecule has 0 saturated heterocycles. The molecular weight excluding hydrogens is 144 g/mol. The Morgan fingerprint density at radius 2 is 1.25 bits per heavy atom. The molecule has 0 aromatic carbocycles. The third-order valence-corrected chi connectivity index (χ3v) is 2.76. The molecule has 0 aromatic rings. The van der Waals surface area contributed by atoms with Crippen LogP contribution in [0.1, 0.15) is 53.4 Å². The Morgan fingerprint density at radius 3 is 1.50 bits per heavy atom. The largest absolute Gasteiger partial charge is 0.0882 e. The Hall–Kier alpha value is -0.260. The molecule has 12 heavy (non-hydrogen) atoms. The SMILES string of the molecule is CC.CCC1CC=CCC1CC. The normalized spacial score (nSPS) is 27.7. The molecule has 2 atom stereocenters. The lowest BCUT2D eigenvalue weighted by Gasteiger charge is -2.26. The van der Waals surface area contributed by atoms with E-state index in [1.807, 2.05) is 13.8 Å². The van der Waals surface area contributed by atoms with Gasteiger partial charge in [0.2, 0.25) is 0 Å². The molecular formula is C12H24. The van der Waals surface area contributed by atoms with Crippen molar-refractivity contribution in [1.82, 2.24) is 0 Å². The molecule has 0 spiro atoms. The summed E-state index contributed by atoms with van der Waals surface area (Å²) in [6.07, 6.45) is 10.1. The van der Waals surface area contributed by atoms with Gasteiger partial charge in [-0.3, -0.25) is 0 Å². The number of hydrogen-bond donors (Lipinski definition) is 0. The summed E-state index contributed by atoms with van der Waals surface area (Å²) in [5, 5.41) is 0. The first-order valence-corrected chi connectivity index (χ1v) is 5.53. The van der Waals surface area contributed by atoms with Crippen LogP contribution in [0.15, 0.2) is 12.2 Å². The monoisotopic (exact) mass is 168 g/mol. The predicted molar refractivity (Wildman–Crippen MR) is 57.3 cm³/mol. The summed E-state index contributed by atoms with van der Waals surface area (Å²) in [6.45, 7) is 8.62. The average molecular weight is 168 g/mol. The van der Waals surface area contributed by atoms with E-state index in [1.165, 1.54) is 25.7 Å². The molecule has 0 aliphatic heterocycles. The molecule has 1 aliphatic carbocycles. The van der Waals surface area contributed by atoms with Gasteiger partial charge in [-0.15, -0.1) is 0 Å². The summed E-state index contributed by atoms with van der Waals surface area (Å²) in [5.41, 5.74) is 0. The second kappa shape index (κ2) is 7.39. The van der Waals surface area contributed by atoms with E-state index in [2.05, 4.69) is 26.0 Å². The fourth-order valence-electron chi connectivity index (χ4n) is 1.93. The third-order valence-electron chi connectivity index (χ3n) is 2.76. The summed E-state index contributed by atoms with van der Waals surface area (Å²) >= 11 is 0. The molecule has 0 aromatic heterocycles. The highest BCUT2D eigenvalue weighted by atomic mass is 14.2. The third kappa shape index (κ3) is 3.42. The van der Waals surface area contributed by atoms with Gasteiger partial charge in [-0.1, -0.05) is 52.7 Å². The molecule has 1 aliphatic rings. The van der Waals surface area contributed by atoms with Crippen molar-refractivity contribution in [2.45, 2.75) is 53.4 Å². The molecule has 0 N–H and O–H groups in total. The van der Waals surface area contributed by atoms with Crippen LogP contribution in [0.3, 0.4) is 0 Å². The minimum absolute atomic E-state index is 0.981. The van der Waals surface area contributed by atoms with Gasteiger partial charge in [-0.05, 0) is 24.7 Å². The lowest BCUT2D eigenvalue weighted by molar-refractivity contribution is 0.305. The summed E-state index contributed by atoms with van der Waals surface area (Å²) < 4.78 is 0. The number of hydrogen-bond acceptors (Lipinski definition) is 0. The van der Waals surface area contributed by atoms with E-state index >= 15 is 0 Å². The fourth-order valence-corrected chi connectivity index (χ4v) is 1.93. The van der Waals surface area contributed by atoms with Crippen LogP contribution in [0.4, 0.5) is 0 Å². The molecule has 0 nitrogen and oxygen atoms in total. The van der Waals surface area contributed by atoms with Gasteiger partial charge in [-0.25, -0.2) is 0 Å². The van der Waals surface area contributed by atoms with E-state index < -0.39 is 0 Å². The first-order chi connectivity index (χ1) is 5.88. The van der Waals surface area contributed by atoms with Crippen molar-refractivity contribution in [1.29, 1.82) is 0 Å². The van der Waals surface area contributed by atoms with E-state index in [-0.39, 0.29) is 0 Å². The van der Waals surface area contributed by atoms with E-state index in [0.29, 0.717) is 0 Å². The van der Waals surface area contributed by atoms with E-state index in [9.17, 15) is 0 Å². The van der Waals surface area contributed by atoms with Gasteiger partial charge in [0.15, 0.2) is 0 Å². The Labute approximate surface area is 78.1 Å². The van der Waals surface area contributed by atoms with E-state index in [1.54, 1.807) is 0 Å². The minimum atomic E-state index is 0.981. The maximum absolute atomic E-state index is 2.35. The van der Waals surface area contributed by atoms with Gasteiger partial charge in [0.05, 0.1) is 0 Å². The van der Waals surface area contributed by atoms with Crippen molar-refractivity contribution in [2.75, 3.05) is 0 Å². The van der Waals surface area contributed by atoms with Crippen LogP contribution < -0.4 is 0 Å². The molecule has 0 heteroatoms. The molecule has 0 heterocycles. The number of allylic oxidation sites excluding steroid dienone is 2. The summed E-state index contributed by atoms with van der Waals surface area (Å²) in [7, 11) is 0. The minimum Gasteiger partial charge on any atom is -0.0882 e. The topological polar surface area (TPSA) is 0 Å². The van der Waals surface area contributed by atoms with Gasteiger partial charge < -0.3 is 0 Å². The molecule has 72 valence electrons. The van der Waals surface area contributed by atoms with E-state index in [4.69, 9.17) is 0 Å². The van der Waals surface area contributed by atoms with Crippen molar-refractivity contribution in [2.24, 2.45) is 11.8 Å². The van der Waals surface area contributed by atoms with Crippen LogP contribution >= 0.6 is 0 Å². The van der Waals surface area contributed by atoms with Gasteiger partial charge >= 0.3 is 0 Å². The van der Waals surface area contributed by atoms with Gasteiger partial charge in [0, 0.05) is 0 Å². The van der Waals surface area contributed by atoms with Gasteiger partial charge in [0.25, 0.3) is 0 Å². The summed E-state index contributed by atoms with van der Waals surface area (Å²) in [4.78, 5) is 0. The van der Waals surface area contributed by atoms with Gasteiger partial charge in [0.1, 0.15) is 0 Å². The Balaban J connectivity index is 0.000000561. The smallest absolute Gasteiger partial charge is 0.0320 e. The molecule has 2 unspecified atom stereocenters. The lowest BCUT2D eigenvalue weighted by Crippen LogP contribution is -2.14. The molecule has 0 bridgehead atoms. The van der Waals surface area contributed by atoms with Crippen molar-refractivity contribution in [3.63, 3.8) is 0 Å². The maximum atomic E-state index is 2.35. The first-order valence-electron chi connectivity index (χ1n) is 5.53. The lowest BCUT2D eigenvalue weighted by atomic mass is 9.80. The Kier molecular flexibility index (Phi) is 7.23. The Bertz CT molecular complexity index is 99.2. The fraction of sp³-hybridized carbons (Fsp3) is 0.833. The molecule has 1 rings (SSSR count). The highest BCUT2D eigenvalue weighted by Gasteiger charge is 2.18. The molecule has 0 fully saturated rings. The van der Waals surface area contributed by atoms with Crippen LogP contribution in [0.25, 0.3) is 0 Å². The highest BCUT2D eigenvalue weighted by molar-refractivity contribution is 4.93. The second-order valence-corrected chi connectivity index (χ2v) is 3.28. The first kappa shape index (κ1) is 11.7. The van der Waals surface area contributed by atoms with Crippen LogP contribution in [-0.4, -0.2) is 0 Å². The quantitative estimate of drug-likeness (QED) is 0.536. The summed E-state index contributed by atoms with van der Waals surface area (Å²) in [5.74, 6) is 1.96. The predicted octanol–water partition coefficient (Wildman–Crippen LogP) is 4.42. The van der Waals surface area contributed by atoms with Gasteiger partial charge in [-0.2, -0.15) is 0 Å². The van der Waals surface area contributed by atoms with Crippen LogP contribution in [0.5, 0.6) is 0 Å². The average Bonchev–Trinajstić information content (AvgIpc) is 2.20. The van der Waals surface area contributed by atoms with Crippen molar-refractivity contribution < 1.29 is 0 Å². The zero-order chi connectivity index (χ0) is 9.40. The standard InChI is InChI=1S/C10H18.C2H6/c1-3-9-7-5-6-8-10(9)4-2;1-2/h5-6,9-10H,3-4,7-8H2,1-2H3;1-2H3. The Morgan fingerprint density at radius 1 is 0.917 bits per heavy atom. The maximum Gasteiger partial charge on any atom is -0.0320 e. The van der Waals surface area contributed by atoms with Crippen molar-refractivity contribution in [3.8, 4) is 0 Å². The summed E-state index contributed by atoms with van der Waals surface area (Å²) in [6, 6.07) is 0. The number of rotatable bonds is 2. The highest BCUT2D eigenvalue weighted by Crippen LogP contribution is 2.29.